The maximum Gasteiger partial charge on any atom is 0.219 e. The molecule has 2 heterocycles. The molecule has 0 radical (unpaired) electrons. The third-order valence-corrected chi connectivity index (χ3v) is 4.81. The summed E-state index contributed by atoms with van der Waals surface area (Å²) in [6.07, 6.45) is 0. The van der Waals surface area contributed by atoms with Gasteiger partial charge in [0.05, 0.1) is 10.2 Å². The van der Waals surface area contributed by atoms with Crippen molar-refractivity contribution in [3.05, 3.63) is 24.3 Å². The summed E-state index contributed by atoms with van der Waals surface area (Å²) in [6.45, 7) is 7.13. The highest BCUT2D eigenvalue weighted by Crippen LogP contribution is 2.25. The van der Waals surface area contributed by atoms with Crippen molar-refractivity contribution in [3.8, 4) is 0 Å². The van der Waals surface area contributed by atoms with E-state index < -0.39 is 0 Å². The second-order valence-electron chi connectivity index (χ2n) is 5.26. The van der Waals surface area contributed by atoms with Crippen molar-refractivity contribution in [1.29, 1.82) is 0 Å². The topological polar surface area (TPSA) is 48.5 Å². The molecule has 1 aromatic heterocycles. The number of carbonyl (C=O) groups excluding carboxylic acids is 1. The van der Waals surface area contributed by atoms with E-state index in [9.17, 15) is 4.79 Å². The molecule has 6 heteroatoms. The van der Waals surface area contributed by atoms with E-state index in [1.165, 1.54) is 4.70 Å². The standard InChI is InChI=1S/C15H20N4OS/c1-12(20)19-10-8-18(9-11-19)7-6-16-15-17-13-4-2-3-5-14(13)21-15/h2-5H,6-11H2,1H3,(H,16,17). The lowest BCUT2D eigenvalue weighted by atomic mass is 10.3. The number of anilines is 1. The van der Waals surface area contributed by atoms with Crippen LogP contribution in [0.5, 0.6) is 0 Å². The van der Waals surface area contributed by atoms with Gasteiger partial charge >= 0.3 is 0 Å². The molecule has 1 amide bonds. The van der Waals surface area contributed by atoms with Crippen molar-refractivity contribution in [3.63, 3.8) is 0 Å². The fraction of sp³-hybridized carbons (Fsp3) is 0.467. The molecular formula is C15H20N4OS. The Kier molecular flexibility index (Phi) is 4.36. The second-order valence-corrected chi connectivity index (χ2v) is 6.29. The smallest absolute Gasteiger partial charge is 0.219 e. The van der Waals surface area contributed by atoms with Crippen molar-refractivity contribution < 1.29 is 4.79 Å². The number of thiazole rings is 1. The van der Waals surface area contributed by atoms with Crippen LogP contribution in [0.2, 0.25) is 0 Å². The molecule has 1 N–H and O–H groups in total. The summed E-state index contributed by atoms with van der Waals surface area (Å²) in [4.78, 5) is 20.1. The number of nitrogens with zero attached hydrogens (tertiary/aromatic N) is 3. The minimum atomic E-state index is 0.183. The van der Waals surface area contributed by atoms with E-state index in [0.717, 1.165) is 49.9 Å². The Bertz CT molecular complexity index is 586. The fourth-order valence-corrected chi connectivity index (χ4v) is 3.45. The summed E-state index contributed by atoms with van der Waals surface area (Å²) in [5, 5.41) is 4.39. The van der Waals surface area contributed by atoms with Gasteiger partial charge in [-0.3, -0.25) is 9.69 Å². The predicted molar refractivity (Wildman–Crippen MR) is 86.8 cm³/mol. The third-order valence-electron chi connectivity index (χ3n) is 3.82. The molecule has 1 aromatic carbocycles. The van der Waals surface area contributed by atoms with Crippen LogP contribution in [-0.4, -0.2) is 60.0 Å². The molecule has 0 saturated carbocycles. The molecule has 112 valence electrons. The molecule has 21 heavy (non-hydrogen) atoms. The SMILES string of the molecule is CC(=O)N1CCN(CCNc2nc3ccccc3s2)CC1. The van der Waals surface area contributed by atoms with Crippen molar-refractivity contribution in [2.45, 2.75) is 6.92 Å². The van der Waals surface area contributed by atoms with Gasteiger partial charge in [0, 0.05) is 46.2 Å². The number of nitrogens with one attached hydrogen (secondary N) is 1. The van der Waals surface area contributed by atoms with Gasteiger partial charge < -0.3 is 10.2 Å². The minimum Gasteiger partial charge on any atom is -0.360 e. The predicted octanol–water partition coefficient (Wildman–Crippen LogP) is 1.87. The highest BCUT2D eigenvalue weighted by Gasteiger charge is 2.17. The van der Waals surface area contributed by atoms with Crippen LogP contribution in [-0.2, 0) is 4.79 Å². The van der Waals surface area contributed by atoms with Crippen molar-refractivity contribution in [2.75, 3.05) is 44.6 Å². The number of hydrogen-bond acceptors (Lipinski definition) is 5. The van der Waals surface area contributed by atoms with Crippen LogP contribution in [0.15, 0.2) is 24.3 Å². The van der Waals surface area contributed by atoms with Crippen LogP contribution in [0.1, 0.15) is 6.92 Å². The van der Waals surface area contributed by atoms with Crippen LogP contribution in [0, 0.1) is 0 Å². The normalized spacial score (nSPS) is 16.3. The van der Waals surface area contributed by atoms with Gasteiger partial charge in [0.15, 0.2) is 5.13 Å². The molecule has 1 aliphatic heterocycles. The van der Waals surface area contributed by atoms with Crippen LogP contribution in [0.25, 0.3) is 10.2 Å². The summed E-state index contributed by atoms with van der Waals surface area (Å²) in [7, 11) is 0. The first-order valence-electron chi connectivity index (χ1n) is 7.30. The van der Waals surface area contributed by atoms with E-state index in [-0.39, 0.29) is 5.91 Å². The van der Waals surface area contributed by atoms with Gasteiger partial charge in [0.1, 0.15) is 0 Å². The number of fused-ring (bicyclic) bond motifs is 1. The molecule has 3 rings (SSSR count). The molecule has 0 bridgehead atoms. The monoisotopic (exact) mass is 304 g/mol. The number of aromatic nitrogens is 1. The molecule has 2 aromatic rings. The van der Waals surface area contributed by atoms with Gasteiger partial charge in [-0.2, -0.15) is 0 Å². The Hall–Kier alpha value is -1.66. The van der Waals surface area contributed by atoms with E-state index in [1.54, 1.807) is 18.3 Å². The lowest BCUT2D eigenvalue weighted by Gasteiger charge is -2.34. The number of hydrogen-bond donors (Lipinski definition) is 1. The van der Waals surface area contributed by atoms with E-state index in [1.807, 2.05) is 23.1 Å². The summed E-state index contributed by atoms with van der Waals surface area (Å²) in [5.41, 5.74) is 1.06. The largest absolute Gasteiger partial charge is 0.360 e. The first-order valence-corrected chi connectivity index (χ1v) is 8.11. The second kappa shape index (κ2) is 6.41. The van der Waals surface area contributed by atoms with Crippen molar-refractivity contribution in [1.82, 2.24) is 14.8 Å². The van der Waals surface area contributed by atoms with Crippen LogP contribution in [0.4, 0.5) is 5.13 Å². The number of para-hydroxylation sites is 1. The number of rotatable bonds is 4. The lowest BCUT2D eigenvalue weighted by Crippen LogP contribution is -2.49. The Labute approximate surface area is 128 Å². The molecule has 5 nitrogen and oxygen atoms in total. The number of amides is 1. The average Bonchev–Trinajstić information content (AvgIpc) is 2.90. The van der Waals surface area contributed by atoms with Gasteiger partial charge in [-0.05, 0) is 12.1 Å². The van der Waals surface area contributed by atoms with Crippen molar-refractivity contribution >= 4 is 32.6 Å². The fourth-order valence-electron chi connectivity index (χ4n) is 2.56. The zero-order valence-corrected chi connectivity index (χ0v) is 13.0. The van der Waals surface area contributed by atoms with Gasteiger partial charge in [-0.25, -0.2) is 4.98 Å². The summed E-state index contributed by atoms with van der Waals surface area (Å²) in [6, 6.07) is 8.19. The molecule has 0 unspecified atom stereocenters. The van der Waals surface area contributed by atoms with Crippen LogP contribution >= 0.6 is 11.3 Å². The Balaban J connectivity index is 1.45. The van der Waals surface area contributed by atoms with Crippen LogP contribution in [0.3, 0.4) is 0 Å². The first-order chi connectivity index (χ1) is 10.2. The van der Waals surface area contributed by atoms with E-state index in [0.29, 0.717) is 0 Å². The molecule has 1 saturated heterocycles. The third kappa shape index (κ3) is 3.51. The number of benzene rings is 1. The van der Waals surface area contributed by atoms with Gasteiger partial charge in [-0.1, -0.05) is 23.5 Å². The van der Waals surface area contributed by atoms with E-state index in [2.05, 4.69) is 21.3 Å². The molecule has 1 fully saturated rings. The molecule has 0 atom stereocenters. The zero-order chi connectivity index (χ0) is 14.7. The number of carbonyl (C=O) groups is 1. The highest BCUT2D eigenvalue weighted by atomic mass is 32.1. The van der Waals surface area contributed by atoms with Gasteiger partial charge in [0.25, 0.3) is 0 Å². The molecule has 1 aliphatic rings. The van der Waals surface area contributed by atoms with Crippen molar-refractivity contribution in [2.24, 2.45) is 0 Å². The summed E-state index contributed by atoms with van der Waals surface area (Å²) in [5.74, 6) is 0.183. The van der Waals surface area contributed by atoms with E-state index >= 15 is 0 Å². The van der Waals surface area contributed by atoms with Crippen LogP contribution < -0.4 is 5.32 Å². The summed E-state index contributed by atoms with van der Waals surface area (Å²) < 4.78 is 1.22. The summed E-state index contributed by atoms with van der Waals surface area (Å²) >= 11 is 1.69. The Morgan fingerprint density at radius 1 is 1.29 bits per heavy atom. The first kappa shape index (κ1) is 14.3. The molecule has 0 spiro atoms. The molecule has 0 aliphatic carbocycles. The Morgan fingerprint density at radius 2 is 2.05 bits per heavy atom. The van der Waals surface area contributed by atoms with Gasteiger partial charge in [-0.15, -0.1) is 0 Å². The minimum absolute atomic E-state index is 0.183. The maximum absolute atomic E-state index is 11.3. The highest BCUT2D eigenvalue weighted by molar-refractivity contribution is 7.22. The zero-order valence-electron chi connectivity index (χ0n) is 12.2. The maximum atomic E-state index is 11.3. The lowest BCUT2D eigenvalue weighted by molar-refractivity contribution is -0.130. The molecular weight excluding hydrogens is 284 g/mol. The average molecular weight is 304 g/mol. The van der Waals surface area contributed by atoms with Gasteiger partial charge in [0.2, 0.25) is 5.91 Å². The Morgan fingerprint density at radius 3 is 2.76 bits per heavy atom. The quantitative estimate of drug-likeness (QED) is 0.937. The number of piperazine rings is 1. The van der Waals surface area contributed by atoms with E-state index in [4.69, 9.17) is 0 Å².